The molecule has 7 nitrogen and oxygen atoms in total. The summed E-state index contributed by atoms with van der Waals surface area (Å²) in [5, 5.41) is 21.3. The highest BCUT2D eigenvalue weighted by molar-refractivity contribution is 6.06. The van der Waals surface area contributed by atoms with Gasteiger partial charge in [0.2, 0.25) is 0 Å². The molecule has 0 atom stereocenters. The predicted octanol–water partition coefficient (Wildman–Crippen LogP) is 3.83. The smallest absolute Gasteiger partial charge is 0.336 e. The number of carbonyl (C=O) groups is 1. The van der Waals surface area contributed by atoms with Gasteiger partial charge in [0.15, 0.2) is 0 Å². The number of non-ortho nitro benzene ring substituents is 1. The molecule has 3 aromatic rings. The zero-order chi connectivity index (χ0) is 19.8. The summed E-state index contributed by atoms with van der Waals surface area (Å²) in [6.45, 7) is 1.10. The Balaban J connectivity index is 1.91. The summed E-state index contributed by atoms with van der Waals surface area (Å²) in [6, 6.07) is 13.5. The van der Waals surface area contributed by atoms with E-state index in [0.717, 1.165) is 11.1 Å². The number of hydrogen-bond acceptors (Lipinski definition) is 5. The SMILES string of the molecule is CN1CC(=Cc2ccc([N+](=O)[O-])cc2)c2nc3ccccc3c(C(=O)O)c2C1. The predicted molar refractivity (Wildman–Crippen MR) is 106 cm³/mol. The van der Waals surface area contributed by atoms with Crippen LogP contribution in [-0.2, 0) is 6.54 Å². The summed E-state index contributed by atoms with van der Waals surface area (Å²) in [7, 11) is 1.92. The number of fused-ring (bicyclic) bond motifs is 2. The molecule has 0 saturated carbocycles. The molecule has 1 N–H and O–H groups in total. The molecular weight excluding hydrogens is 358 g/mol. The minimum atomic E-state index is -0.972. The van der Waals surface area contributed by atoms with Gasteiger partial charge in [-0.1, -0.05) is 18.2 Å². The average Bonchev–Trinajstić information content (AvgIpc) is 2.66. The fourth-order valence-electron chi connectivity index (χ4n) is 3.61. The Bertz CT molecular complexity index is 1140. The fraction of sp³-hybridized carbons (Fsp3) is 0.143. The van der Waals surface area contributed by atoms with Crippen LogP contribution in [0.25, 0.3) is 22.6 Å². The molecule has 0 bridgehead atoms. The van der Waals surface area contributed by atoms with Gasteiger partial charge >= 0.3 is 5.97 Å². The molecule has 0 unspecified atom stereocenters. The van der Waals surface area contributed by atoms with Crippen molar-refractivity contribution in [1.29, 1.82) is 0 Å². The maximum atomic E-state index is 12.0. The number of pyridine rings is 1. The molecule has 0 radical (unpaired) electrons. The Labute approximate surface area is 160 Å². The Kier molecular flexibility index (Phi) is 4.37. The Morgan fingerprint density at radius 1 is 1.18 bits per heavy atom. The van der Waals surface area contributed by atoms with Crippen LogP contribution in [0.15, 0.2) is 48.5 Å². The summed E-state index contributed by atoms with van der Waals surface area (Å²) < 4.78 is 0. The van der Waals surface area contributed by atoms with Crippen molar-refractivity contribution in [1.82, 2.24) is 9.88 Å². The van der Waals surface area contributed by atoms with E-state index in [-0.39, 0.29) is 11.3 Å². The number of aromatic carboxylic acids is 1. The minimum Gasteiger partial charge on any atom is -0.478 e. The Morgan fingerprint density at radius 2 is 1.89 bits per heavy atom. The molecule has 0 fully saturated rings. The first-order valence-electron chi connectivity index (χ1n) is 8.73. The van der Waals surface area contributed by atoms with Crippen LogP contribution in [0.2, 0.25) is 0 Å². The van der Waals surface area contributed by atoms with Crippen LogP contribution in [0.4, 0.5) is 5.69 Å². The first-order valence-corrected chi connectivity index (χ1v) is 8.73. The summed E-state index contributed by atoms with van der Waals surface area (Å²) >= 11 is 0. The number of rotatable bonds is 3. The average molecular weight is 375 g/mol. The second-order valence-electron chi connectivity index (χ2n) is 6.83. The van der Waals surface area contributed by atoms with Crippen molar-refractivity contribution in [2.24, 2.45) is 0 Å². The first-order chi connectivity index (χ1) is 13.4. The number of nitro groups is 1. The lowest BCUT2D eigenvalue weighted by atomic mass is 9.92. The van der Waals surface area contributed by atoms with Crippen molar-refractivity contribution >= 4 is 34.2 Å². The molecule has 1 aromatic heterocycles. The molecule has 1 aliphatic heterocycles. The van der Waals surface area contributed by atoms with Crippen molar-refractivity contribution in [2.45, 2.75) is 6.54 Å². The quantitative estimate of drug-likeness (QED) is 0.552. The summed E-state index contributed by atoms with van der Waals surface area (Å²) in [4.78, 5) is 29.2. The van der Waals surface area contributed by atoms with Gasteiger partial charge in [-0.15, -0.1) is 0 Å². The molecule has 2 heterocycles. The summed E-state index contributed by atoms with van der Waals surface area (Å²) in [6.07, 6.45) is 1.91. The van der Waals surface area contributed by atoms with E-state index in [1.807, 2.05) is 36.2 Å². The van der Waals surface area contributed by atoms with Gasteiger partial charge in [-0.3, -0.25) is 15.0 Å². The lowest BCUT2D eigenvalue weighted by Gasteiger charge is -2.28. The maximum absolute atomic E-state index is 12.0. The topological polar surface area (TPSA) is 96.6 Å². The molecule has 28 heavy (non-hydrogen) atoms. The standard InChI is InChI=1S/C21H17N3O4/c1-23-11-14(10-13-6-8-15(9-7-13)24(27)28)20-17(12-23)19(21(25)26)16-4-2-3-5-18(16)22-20/h2-10H,11-12H2,1H3,(H,25,26). The largest absolute Gasteiger partial charge is 0.478 e. The highest BCUT2D eigenvalue weighted by Gasteiger charge is 2.27. The number of likely N-dealkylation sites (N-methyl/N-ethyl adjacent to an activating group) is 1. The van der Waals surface area contributed by atoms with Crippen molar-refractivity contribution in [3.63, 3.8) is 0 Å². The van der Waals surface area contributed by atoms with E-state index in [2.05, 4.69) is 0 Å². The normalized spacial score (nSPS) is 15.5. The highest BCUT2D eigenvalue weighted by Crippen LogP contribution is 2.33. The highest BCUT2D eigenvalue weighted by atomic mass is 16.6. The van der Waals surface area contributed by atoms with Crippen molar-refractivity contribution in [2.75, 3.05) is 13.6 Å². The summed E-state index contributed by atoms with van der Waals surface area (Å²) in [5.74, 6) is -0.972. The van der Waals surface area contributed by atoms with Crippen LogP contribution in [-0.4, -0.2) is 39.5 Å². The number of aromatic nitrogens is 1. The van der Waals surface area contributed by atoms with E-state index in [0.29, 0.717) is 35.2 Å². The van der Waals surface area contributed by atoms with Gasteiger partial charge in [0.25, 0.3) is 5.69 Å². The lowest BCUT2D eigenvalue weighted by molar-refractivity contribution is -0.384. The molecule has 7 heteroatoms. The van der Waals surface area contributed by atoms with Crippen LogP contribution in [0, 0.1) is 10.1 Å². The van der Waals surface area contributed by atoms with Gasteiger partial charge in [0, 0.05) is 36.2 Å². The van der Waals surface area contributed by atoms with Gasteiger partial charge in [-0.2, -0.15) is 0 Å². The molecular formula is C21H17N3O4. The molecule has 0 aliphatic carbocycles. The maximum Gasteiger partial charge on any atom is 0.336 e. The minimum absolute atomic E-state index is 0.0283. The number of carboxylic acid groups (broad SMARTS) is 1. The molecule has 0 spiro atoms. The monoisotopic (exact) mass is 375 g/mol. The van der Waals surface area contributed by atoms with Gasteiger partial charge in [-0.25, -0.2) is 9.78 Å². The van der Waals surface area contributed by atoms with Crippen molar-refractivity contribution in [3.8, 4) is 0 Å². The second-order valence-corrected chi connectivity index (χ2v) is 6.83. The molecule has 1 aliphatic rings. The van der Waals surface area contributed by atoms with Crippen LogP contribution >= 0.6 is 0 Å². The number of nitro benzene ring substituents is 1. The zero-order valence-electron chi connectivity index (χ0n) is 15.1. The summed E-state index contributed by atoms with van der Waals surface area (Å²) in [5.41, 5.74) is 3.99. The van der Waals surface area contributed by atoms with Gasteiger partial charge in [0.05, 0.1) is 21.7 Å². The van der Waals surface area contributed by atoms with E-state index < -0.39 is 10.9 Å². The number of nitrogens with zero attached hydrogens (tertiary/aromatic N) is 3. The first kappa shape index (κ1) is 17.8. The molecule has 0 saturated heterocycles. The van der Waals surface area contributed by atoms with E-state index in [4.69, 9.17) is 4.98 Å². The third-order valence-corrected chi connectivity index (χ3v) is 4.82. The fourth-order valence-corrected chi connectivity index (χ4v) is 3.61. The van der Waals surface area contributed by atoms with E-state index in [1.165, 1.54) is 12.1 Å². The molecule has 140 valence electrons. The second kappa shape index (κ2) is 6.86. The third-order valence-electron chi connectivity index (χ3n) is 4.82. The van der Waals surface area contributed by atoms with Gasteiger partial charge in [-0.05, 0) is 42.5 Å². The van der Waals surface area contributed by atoms with E-state index >= 15 is 0 Å². The zero-order valence-corrected chi connectivity index (χ0v) is 15.1. The van der Waals surface area contributed by atoms with E-state index in [9.17, 15) is 20.0 Å². The Morgan fingerprint density at radius 3 is 2.57 bits per heavy atom. The van der Waals surface area contributed by atoms with Crippen LogP contribution in [0.1, 0.15) is 27.2 Å². The lowest BCUT2D eigenvalue weighted by Crippen LogP contribution is -2.28. The molecule has 2 aromatic carbocycles. The van der Waals surface area contributed by atoms with Crippen LogP contribution in [0.3, 0.4) is 0 Å². The molecule has 0 amide bonds. The van der Waals surface area contributed by atoms with Crippen LogP contribution in [0.5, 0.6) is 0 Å². The van der Waals surface area contributed by atoms with E-state index in [1.54, 1.807) is 18.2 Å². The van der Waals surface area contributed by atoms with Gasteiger partial charge < -0.3 is 5.11 Å². The number of benzene rings is 2. The number of carboxylic acids is 1. The number of para-hydroxylation sites is 1. The van der Waals surface area contributed by atoms with Crippen molar-refractivity contribution in [3.05, 3.63) is 81.0 Å². The van der Waals surface area contributed by atoms with Gasteiger partial charge in [0.1, 0.15) is 0 Å². The third kappa shape index (κ3) is 3.12. The molecule has 4 rings (SSSR count). The van der Waals surface area contributed by atoms with Crippen molar-refractivity contribution < 1.29 is 14.8 Å². The van der Waals surface area contributed by atoms with Crippen LogP contribution < -0.4 is 0 Å². The Hall–Kier alpha value is -3.58. The number of hydrogen-bond donors (Lipinski definition) is 1.